The molecule has 1 heterocycles. The van der Waals surface area contributed by atoms with Crippen molar-refractivity contribution in [3.05, 3.63) is 79.3 Å². The zero-order valence-electron chi connectivity index (χ0n) is 12.9. The van der Waals surface area contributed by atoms with Crippen molar-refractivity contribution in [3.63, 3.8) is 0 Å². The Bertz CT molecular complexity index is 1140. The molecule has 0 N–H and O–H groups in total. The van der Waals surface area contributed by atoms with Gasteiger partial charge in [0.15, 0.2) is 0 Å². The third-order valence-corrected chi connectivity index (χ3v) is 4.40. The molecule has 0 spiro atoms. The van der Waals surface area contributed by atoms with E-state index in [0.29, 0.717) is 0 Å². The Morgan fingerprint density at radius 3 is 2.19 bits per heavy atom. The topological polar surface area (TPSA) is 68.0 Å². The molecule has 0 radical (unpaired) electrons. The Kier molecular flexibility index (Phi) is 4.61. The van der Waals surface area contributed by atoms with Crippen LogP contribution in [0.2, 0.25) is 10.0 Å². The summed E-state index contributed by atoms with van der Waals surface area (Å²) in [7, 11) is 0. The summed E-state index contributed by atoms with van der Waals surface area (Å²) in [6.07, 6.45) is -5.33. The highest BCUT2D eigenvalue weighted by atomic mass is 35.5. The predicted molar refractivity (Wildman–Crippen MR) is 88.9 cm³/mol. The number of fused-ring (bicyclic) bond motifs is 1. The van der Waals surface area contributed by atoms with Gasteiger partial charge < -0.3 is 9.94 Å². The minimum Gasteiger partial charge on any atom is -0.805 e. The summed E-state index contributed by atoms with van der Waals surface area (Å²) in [6.45, 7) is 0. The molecular formula is C16H6Cl2F4N2O3. The molecule has 3 rings (SSSR count). The first kappa shape index (κ1) is 19.1. The number of alkyl halides is 3. The number of carbonyl (C=O) groups excluding carboxylic acids is 1. The van der Waals surface area contributed by atoms with Gasteiger partial charge >= 0.3 is 11.9 Å². The summed E-state index contributed by atoms with van der Waals surface area (Å²) in [6, 6.07) is 5.12. The van der Waals surface area contributed by atoms with Crippen molar-refractivity contribution in [1.29, 1.82) is 0 Å². The molecule has 0 aliphatic carbocycles. The molecule has 0 atom stereocenters. The van der Waals surface area contributed by atoms with Crippen molar-refractivity contribution in [1.82, 2.24) is 4.73 Å². The van der Waals surface area contributed by atoms with Gasteiger partial charge in [-0.25, -0.2) is 4.39 Å². The van der Waals surface area contributed by atoms with Crippen molar-refractivity contribution in [2.75, 3.05) is 0 Å². The molecule has 0 saturated heterocycles. The molecule has 11 heteroatoms. The minimum absolute atomic E-state index is 0.200. The Balaban J connectivity index is 2.45. The molecule has 0 aliphatic heterocycles. The highest BCUT2D eigenvalue weighted by molar-refractivity contribution is 6.42. The van der Waals surface area contributed by atoms with Crippen LogP contribution < -0.4 is 4.43 Å². The van der Waals surface area contributed by atoms with Crippen molar-refractivity contribution < 1.29 is 26.8 Å². The number of ketones is 1. The molecule has 0 amide bonds. The van der Waals surface area contributed by atoms with Crippen molar-refractivity contribution in [2.45, 2.75) is 6.18 Å². The molecule has 0 fully saturated rings. The van der Waals surface area contributed by atoms with Crippen LogP contribution in [-0.2, 0) is 6.18 Å². The van der Waals surface area contributed by atoms with E-state index in [1.54, 1.807) is 0 Å². The Labute approximate surface area is 157 Å². The second kappa shape index (κ2) is 6.50. The smallest absolute Gasteiger partial charge is 0.438 e. The molecule has 2 aromatic carbocycles. The molecule has 3 aromatic rings. The predicted octanol–water partition coefficient (Wildman–Crippen LogP) is 4.60. The van der Waals surface area contributed by atoms with Gasteiger partial charge in [0, 0.05) is 16.5 Å². The maximum absolute atomic E-state index is 13.5. The Hall–Kier alpha value is -2.65. The SMILES string of the molecule is O=C(c1ccc(F)cc1)c1c(C(F)(F)F)n([O-])c2cc(Cl)c(Cl)cc2[n+]1=O. The maximum atomic E-state index is 13.5. The van der Waals surface area contributed by atoms with Gasteiger partial charge in [0.05, 0.1) is 14.5 Å². The lowest BCUT2D eigenvalue weighted by Gasteiger charge is -2.20. The number of hydrogen-bond acceptors (Lipinski definition) is 3. The first-order chi connectivity index (χ1) is 12.5. The lowest BCUT2D eigenvalue weighted by atomic mass is 10.1. The largest absolute Gasteiger partial charge is 0.805 e. The average molecular weight is 421 g/mol. The zero-order chi connectivity index (χ0) is 20.1. The van der Waals surface area contributed by atoms with E-state index in [1.165, 1.54) is 0 Å². The second-order valence-electron chi connectivity index (χ2n) is 5.37. The summed E-state index contributed by atoms with van der Waals surface area (Å²) in [5, 5.41) is 11.9. The van der Waals surface area contributed by atoms with Gasteiger partial charge in [-0.05, 0) is 30.3 Å². The molecule has 27 heavy (non-hydrogen) atoms. The van der Waals surface area contributed by atoms with Gasteiger partial charge in [-0.3, -0.25) is 4.79 Å². The second-order valence-corrected chi connectivity index (χ2v) is 6.19. The fourth-order valence-electron chi connectivity index (χ4n) is 2.47. The lowest BCUT2D eigenvalue weighted by molar-refractivity contribution is -0.470. The van der Waals surface area contributed by atoms with Crippen LogP contribution in [0.25, 0.3) is 11.0 Å². The van der Waals surface area contributed by atoms with Crippen LogP contribution in [0.5, 0.6) is 0 Å². The molecule has 0 unspecified atom stereocenters. The fraction of sp³-hybridized carbons (Fsp3) is 0.0625. The molecule has 1 aromatic heterocycles. The molecule has 0 aliphatic rings. The number of benzene rings is 2. The molecule has 0 saturated carbocycles. The standard InChI is InChI=1S/C16H6Cl2F4N2O3/c17-9-5-11-12(6-10(9)18)24(27)15(16(20,21)22)13(23(11)26)14(25)7-1-3-8(19)4-2-7/h1-6H. The molecule has 0 bridgehead atoms. The highest BCUT2D eigenvalue weighted by Crippen LogP contribution is 2.35. The van der Waals surface area contributed by atoms with E-state index in [2.05, 4.69) is 0 Å². The lowest BCUT2D eigenvalue weighted by Crippen LogP contribution is -2.35. The fourth-order valence-corrected chi connectivity index (χ4v) is 2.79. The maximum Gasteiger partial charge on any atom is 0.438 e. The van der Waals surface area contributed by atoms with Gasteiger partial charge in [0.2, 0.25) is 5.69 Å². The Morgan fingerprint density at radius 1 is 1.07 bits per heavy atom. The summed E-state index contributed by atoms with van der Waals surface area (Å²) in [4.78, 5) is 25.1. The van der Waals surface area contributed by atoms with Crippen molar-refractivity contribution in [3.8, 4) is 0 Å². The van der Waals surface area contributed by atoms with Gasteiger partial charge in [-0.15, -0.1) is 0 Å². The molecule has 5 nitrogen and oxygen atoms in total. The summed E-state index contributed by atoms with van der Waals surface area (Å²) >= 11 is 11.5. The third-order valence-electron chi connectivity index (χ3n) is 3.68. The van der Waals surface area contributed by atoms with E-state index in [-0.39, 0.29) is 14.5 Å². The van der Waals surface area contributed by atoms with Crippen LogP contribution in [0, 0.1) is 15.9 Å². The normalized spacial score (nSPS) is 11.8. The van der Waals surface area contributed by atoms with E-state index in [1.807, 2.05) is 0 Å². The zero-order valence-corrected chi connectivity index (χ0v) is 14.4. The van der Waals surface area contributed by atoms with E-state index in [0.717, 1.165) is 36.4 Å². The molecular weight excluding hydrogens is 415 g/mol. The van der Waals surface area contributed by atoms with E-state index < -0.39 is 50.5 Å². The summed E-state index contributed by atoms with van der Waals surface area (Å²) in [5.74, 6) is -2.15. The van der Waals surface area contributed by atoms with Gasteiger partial charge in [0.1, 0.15) is 11.3 Å². The van der Waals surface area contributed by atoms with Crippen LogP contribution in [0.4, 0.5) is 17.6 Å². The van der Waals surface area contributed by atoms with Crippen LogP contribution in [0.3, 0.4) is 0 Å². The highest BCUT2D eigenvalue weighted by Gasteiger charge is 2.45. The minimum atomic E-state index is -5.33. The van der Waals surface area contributed by atoms with E-state index >= 15 is 0 Å². The third kappa shape index (κ3) is 3.24. The average Bonchev–Trinajstić information content (AvgIpc) is 2.58. The number of halogens is 6. The van der Waals surface area contributed by atoms with E-state index in [9.17, 15) is 32.5 Å². The van der Waals surface area contributed by atoms with Crippen LogP contribution in [-0.4, -0.2) is 10.5 Å². The van der Waals surface area contributed by atoms with Crippen molar-refractivity contribution >= 4 is 40.0 Å². The Morgan fingerprint density at radius 2 is 1.63 bits per heavy atom. The van der Waals surface area contributed by atoms with Gasteiger partial charge in [-0.1, -0.05) is 23.2 Å². The number of nitrogens with zero attached hydrogens (tertiary/aromatic N) is 2. The van der Waals surface area contributed by atoms with Crippen molar-refractivity contribution in [2.24, 2.45) is 0 Å². The first-order valence-corrected chi connectivity index (χ1v) is 7.83. The van der Waals surface area contributed by atoms with Crippen LogP contribution >= 0.6 is 23.2 Å². The monoisotopic (exact) mass is 420 g/mol. The van der Waals surface area contributed by atoms with Crippen LogP contribution in [0.1, 0.15) is 21.7 Å². The number of hydrogen-bond donors (Lipinski definition) is 0. The number of aromatic nitrogens is 2. The van der Waals surface area contributed by atoms with Gasteiger partial charge in [-0.2, -0.15) is 13.2 Å². The quantitative estimate of drug-likeness (QED) is 0.345. The number of rotatable bonds is 2. The molecule has 140 valence electrons. The summed E-state index contributed by atoms with van der Waals surface area (Å²) < 4.78 is 52.6. The van der Waals surface area contributed by atoms with E-state index in [4.69, 9.17) is 23.2 Å². The summed E-state index contributed by atoms with van der Waals surface area (Å²) in [5.41, 5.74) is -5.20. The van der Waals surface area contributed by atoms with Gasteiger partial charge in [0.25, 0.3) is 11.3 Å². The van der Waals surface area contributed by atoms with Crippen LogP contribution in [0.15, 0.2) is 36.4 Å². The first-order valence-electron chi connectivity index (χ1n) is 7.07. The number of carbonyl (C=O) groups is 1.